The van der Waals surface area contributed by atoms with Crippen molar-refractivity contribution >= 4 is 5.91 Å². The number of carbonyl (C=O) groups is 1. The second-order valence-corrected chi connectivity index (χ2v) is 8.65. The summed E-state index contributed by atoms with van der Waals surface area (Å²) in [5, 5.41) is 28.1. The van der Waals surface area contributed by atoms with Crippen molar-refractivity contribution in [3.05, 3.63) is 77.7 Å². The molecule has 0 aliphatic heterocycles. The molecular weight excluding hydrogens is 473 g/mol. The summed E-state index contributed by atoms with van der Waals surface area (Å²) in [6, 6.07) is 16.1. The van der Waals surface area contributed by atoms with Gasteiger partial charge in [0.15, 0.2) is 11.5 Å². The molecule has 8 heteroatoms. The van der Waals surface area contributed by atoms with Crippen LogP contribution in [0.4, 0.5) is 4.39 Å². The van der Waals surface area contributed by atoms with Crippen LogP contribution in [-0.4, -0.2) is 45.8 Å². The Morgan fingerprint density at radius 3 is 2.16 bits per heavy atom. The van der Waals surface area contributed by atoms with Crippen molar-refractivity contribution in [2.45, 2.75) is 27.3 Å². The van der Waals surface area contributed by atoms with Crippen molar-refractivity contribution in [3.8, 4) is 45.1 Å². The van der Waals surface area contributed by atoms with Gasteiger partial charge in [0, 0.05) is 24.7 Å². The Morgan fingerprint density at radius 2 is 1.54 bits per heavy atom. The highest BCUT2D eigenvalue weighted by Gasteiger charge is 2.27. The Balaban J connectivity index is 1.84. The van der Waals surface area contributed by atoms with Gasteiger partial charge in [-0.2, -0.15) is 0 Å². The lowest BCUT2D eigenvalue weighted by molar-refractivity contribution is 0.0947. The zero-order chi connectivity index (χ0) is 26.5. The maximum Gasteiger partial charge on any atom is 0.274 e. The lowest BCUT2D eigenvalue weighted by Crippen LogP contribution is -2.23. The first kappa shape index (κ1) is 25.9. The number of phenolic OH excluding ortho intramolecular Hbond substituents is 2. The lowest BCUT2D eigenvalue weighted by Gasteiger charge is -2.18. The Kier molecular flexibility index (Phi) is 7.89. The third-order valence-electron chi connectivity index (χ3n) is 6.30. The van der Waals surface area contributed by atoms with E-state index in [1.54, 1.807) is 6.92 Å². The summed E-state index contributed by atoms with van der Waals surface area (Å²) in [6.07, 6.45) is 0. The highest BCUT2D eigenvalue weighted by atomic mass is 19.1. The van der Waals surface area contributed by atoms with E-state index in [1.807, 2.05) is 24.3 Å². The number of halogens is 1. The lowest BCUT2D eigenvalue weighted by atomic mass is 9.94. The minimum atomic E-state index is -0.407. The molecule has 1 aromatic heterocycles. The van der Waals surface area contributed by atoms with Crippen LogP contribution in [0.15, 0.2) is 65.2 Å². The molecule has 4 rings (SSSR count). The molecule has 7 nitrogen and oxygen atoms in total. The highest BCUT2D eigenvalue weighted by molar-refractivity contribution is 6.03. The number of hydrogen-bond donors (Lipinski definition) is 3. The van der Waals surface area contributed by atoms with E-state index >= 15 is 0 Å². The Bertz CT molecular complexity index is 1380. The average Bonchev–Trinajstić information content (AvgIpc) is 3.33. The molecule has 0 saturated heterocycles. The fraction of sp³-hybridized carbons (Fsp3) is 0.241. The van der Waals surface area contributed by atoms with Crippen LogP contribution in [-0.2, 0) is 6.54 Å². The monoisotopic (exact) mass is 503 g/mol. The van der Waals surface area contributed by atoms with Gasteiger partial charge in [0.05, 0.1) is 11.1 Å². The molecule has 0 saturated carbocycles. The van der Waals surface area contributed by atoms with E-state index < -0.39 is 11.7 Å². The predicted molar refractivity (Wildman–Crippen MR) is 141 cm³/mol. The van der Waals surface area contributed by atoms with E-state index in [2.05, 4.69) is 29.2 Å². The van der Waals surface area contributed by atoms with Gasteiger partial charge in [-0.1, -0.05) is 55.4 Å². The minimum absolute atomic E-state index is 0.0872. The van der Waals surface area contributed by atoms with Crippen molar-refractivity contribution < 1.29 is 23.9 Å². The maximum absolute atomic E-state index is 13.5. The molecule has 4 aromatic rings. The number of carbonyl (C=O) groups excluding carboxylic acids is 1. The van der Waals surface area contributed by atoms with E-state index in [1.165, 1.54) is 36.4 Å². The molecule has 1 amide bonds. The number of phenols is 2. The van der Waals surface area contributed by atoms with E-state index in [0.29, 0.717) is 28.8 Å². The van der Waals surface area contributed by atoms with Crippen LogP contribution in [0.1, 0.15) is 36.8 Å². The molecule has 0 bridgehead atoms. The standard InChI is InChI=1S/C29H30FN3O4/c1-4-31-29(36)27-26(20-9-7-18(8-10-20)17-33(5-2)6-3)28(37-32-27)23-15-22(24(34)16-25(23)35)19-11-13-21(30)14-12-19/h7-16,34-35H,4-6,17H2,1-3H3,(H,31,36). The molecule has 192 valence electrons. The van der Waals surface area contributed by atoms with Gasteiger partial charge < -0.3 is 20.1 Å². The van der Waals surface area contributed by atoms with Crippen molar-refractivity contribution in [2.24, 2.45) is 0 Å². The van der Waals surface area contributed by atoms with Crippen LogP contribution in [0.3, 0.4) is 0 Å². The molecule has 0 spiro atoms. The summed E-state index contributed by atoms with van der Waals surface area (Å²) >= 11 is 0. The molecule has 0 aliphatic rings. The number of aromatic nitrogens is 1. The summed E-state index contributed by atoms with van der Waals surface area (Å²) in [5.41, 5.74) is 3.47. The smallest absolute Gasteiger partial charge is 0.274 e. The van der Waals surface area contributed by atoms with Gasteiger partial charge in [0.25, 0.3) is 5.91 Å². The average molecular weight is 504 g/mol. The van der Waals surface area contributed by atoms with Crippen LogP contribution in [0.5, 0.6) is 11.5 Å². The zero-order valence-corrected chi connectivity index (χ0v) is 21.1. The van der Waals surface area contributed by atoms with Gasteiger partial charge >= 0.3 is 0 Å². The van der Waals surface area contributed by atoms with E-state index in [4.69, 9.17) is 4.52 Å². The van der Waals surface area contributed by atoms with E-state index in [0.717, 1.165) is 25.2 Å². The summed E-state index contributed by atoms with van der Waals surface area (Å²) in [7, 11) is 0. The number of nitrogens with one attached hydrogen (secondary N) is 1. The number of nitrogens with zero attached hydrogens (tertiary/aromatic N) is 2. The fourth-order valence-electron chi connectivity index (χ4n) is 4.24. The Morgan fingerprint density at radius 1 is 0.919 bits per heavy atom. The number of hydrogen-bond acceptors (Lipinski definition) is 6. The predicted octanol–water partition coefficient (Wildman–Crippen LogP) is 5.82. The first-order chi connectivity index (χ1) is 17.9. The molecule has 0 fully saturated rings. The normalized spacial score (nSPS) is 11.2. The molecule has 0 radical (unpaired) electrons. The molecule has 0 atom stereocenters. The van der Waals surface area contributed by atoms with Crippen LogP contribution in [0, 0.1) is 5.82 Å². The van der Waals surface area contributed by atoms with Gasteiger partial charge in [-0.25, -0.2) is 4.39 Å². The largest absolute Gasteiger partial charge is 0.507 e. The van der Waals surface area contributed by atoms with Crippen LogP contribution < -0.4 is 5.32 Å². The molecule has 3 N–H and O–H groups in total. The molecule has 0 aliphatic carbocycles. The number of aromatic hydroxyl groups is 2. The quantitative estimate of drug-likeness (QED) is 0.266. The number of rotatable bonds is 9. The molecule has 1 heterocycles. The SMILES string of the molecule is CCNC(=O)c1noc(-c2cc(-c3ccc(F)cc3)c(O)cc2O)c1-c1ccc(CN(CC)CC)cc1. The van der Waals surface area contributed by atoms with Gasteiger partial charge in [-0.15, -0.1) is 0 Å². The fourth-order valence-corrected chi connectivity index (χ4v) is 4.24. The maximum atomic E-state index is 13.5. The van der Waals surface area contributed by atoms with Gasteiger partial charge in [0.1, 0.15) is 17.3 Å². The van der Waals surface area contributed by atoms with Crippen LogP contribution in [0.25, 0.3) is 33.6 Å². The molecule has 37 heavy (non-hydrogen) atoms. The summed E-state index contributed by atoms with van der Waals surface area (Å²) in [5.74, 6) is -1.06. The third-order valence-corrected chi connectivity index (χ3v) is 6.30. The molecule has 3 aromatic carbocycles. The van der Waals surface area contributed by atoms with E-state index in [9.17, 15) is 19.4 Å². The first-order valence-corrected chi connectivity index (χ1v) is 12.3. The van der Waals surface area contributed by atoms with Crippen LogP contribution in [0.2, 0.25) is 0 Å². The first-order valence-electron chi connectivity index (χ1n) is 12.3. The Labute approximate surface area is 215 Å². The third kappa shape index (κ3) is 5.49. The summed E-state index contributed by atoms with van der Waals surface area (Å²) in [6.45, 7) is 9.11. The molecule has 0 unspecified atom stereocenters. The summed E-state index contributed by atoms with van der Waals surface area (Å²) < 4.78 is 19.1. The number of amides is 1. The van der Waals surface area contributed by atoms with Gasteiger partial charge in [-0.3, -0.25) is 9.69 Å². The van der Waals surface area contributed by atoms with Gasteiger partial charge in [-0.05, 0) is 54.9 Å². The molecular formula is C29H30FN3O4. The Hall–Kier alpha value is -4.17. The summed E-state index contributed by atoms with van der Waals surface area (Å²) in [4.78, 5) is 15.2. The zero-order valence-electron chi connectivity index (χ0n) is 21.1. The van der Waals surface area contributed by atoms with E-state index in [-0.39, 0.29) is 28.5 Å². The number of benzene rings is 3. The second-order valence-electron chi connectivity index (χ2n) is 8.65. The second kappa shape index (κ2) is 11.3. The van der Waals surface area contributed by atoms with Crippen molar-refractivity contribution in [1.29, 1.82) is 0 Å². The minimum Gasteiger partial charge on any atom is -0.507 e. The van der Waals surface area contributed by atoms with Crippen molar-refractivity contribution in [1.82, 2.24) is 15.4 Å². The van der Waals surface area contributed by atoms with Crippen molar-refractivity contribution in [3.63, 3.8) is 0 Å². The topological polar surface area (TPSA) is 98.8 Å². The van der Waals surface area contributed by atoms with Crippen LogP contribution >= 0.6 is 0 Å². The highest BCUT2D eigenvalue weighted by Crippen LogP contribution is 2.44. The van der Waals surface area contributed by atoms with Crippen molar-refractivity contribution in [2.75, 3.05) is 19.6 Å². The van der Waals surface area contributed by atoms with Gasteiger partial charge in [0.2, 0.25) is 0 Å².